The summed E-state index contributed by atoms with van der Waals surface area (Å²) in [7, 11) is 1.21. The van der Waals surface area contributed by atoms with Crippen LogP contribution in [0.2, 0.25) is 0 Å². The molecule has 0 saturated carbocycles. The molecule has 3 saturated heterocycles. The van der Waals surface area contributed by atoms with Crippen molar-refractivity contribution in [1.82, 2.24) is 0 Å². The lowest BCUT2D eigenvalue weighted by molar-refractivity contribution is -0.358. The summed E-state index contributed by atoms with van der Waals surface area (Å²) < 4.78 is 37.3. The fourth-order valence-electron chi connectivity index (χ4n) is 3.82. The molecule has 198 valence electrons. The number of rotatable bonds is 8. The van der Waals surface area contributed by atoms with Crippen molar-refractivity contribution in [2.45, 2.75) is 86.7 Å². The van der Waals surface area contributed by atoms with Gasteiger partial charge in [0, 0.05) is 13.5 Å². The highest BCUT2D eigenvalue weighted by Gasteiger charge is 2.51. The average molecular weight is 502 g/mol. The number of aliphatic hydroxyl groups is 7. The topological polar surface area (TPSA) is 244 Å². The molecule has 0 radical (unpaired) electrons. The maximum atomic E-state index is 11.6. The molecule has 0 bridgehead atoms. The van der Waals surface area contributed by atoms with E-state index in [0.29, 0.717) is 0 Å². The minimum absolute atomic E-state index is 0.346. The normalized spacial score (nSPS) is 47.9. The van der Waals surface area contributed by atoms with E-state index in [1.165, 1.54) is 7.11 Å². The van der Waals surface area contributed by atoms with Crippen molar-refractivity contribution in [1.29, 1.82) is 0 Å². The number of ether oxygens (including phenoxy) is 7. The number of hydrogen-bond donors (Lipinski definition) is 8. The monoisotopic (exact) mass is 502 g/mol. The number of hydrogen-bond acceptors (Lipinski definition) is 15. The second kappa shape index (κ2) is 11.8. The standard InChI is InChI=1S/C18H30O16/c1-28-5-2-6(14(24)25)29-16(27)13(12(5)33-18-31-8(4-20)15(26)34-18)32-17-11(23)10(22)9(21)7(3-19)30-17/h5-13,15-23,26-27H,2-4H2,1H3,(H,24,25)/t5-,6?,7?,8+,9+,10?,11?,12?,13?,15?,16-,17+,18+/m1/s1. The van der Waals surface area contributed by atoms with E-state index in [9.17, 15) is 45.6 Å². The van der Waals surface area contributed by atoms with E-state index in [4.69, 9.17) is 33.2 Å². The predicted molar refractivity (Wildman–Crippen MR) is 100 cm³/mol. The third kappa shape index (κ3) is 5.82. The Labute approximate surface area is 192 Å². The van der Waals surface area contributed by atoms with E-state index < -0.39 is 99.5 Å². The molecule has 3 aliphatic rings. The highest BCUT2D eigenvalue weighted by atomic mass is 16.9. The molecule has 0 aromatic carbocycles. The molecule has 3 heterocycles. The Balaban J connectivity index is 1.87. The fraction of sp³-hybridized carbons (Fsp3) is 0.944. The predicted octanol–water partition coefficient (Wildman–Crippen LogP) is -5.23. The van der Waals surface area contributed by atoms with E-state index in [2.05, 4.69) is 0 Å². The van der Waals surface area contributed by atoms with Gasteiger partial charge in [0.15, 0.2) is 25.0 Å². The van der Waals surface area contributed by atoms with Crippen LogP contribution in [0.15, 0.2) is 0 Å². The quantitative estimate of drug-likeness (QED) is 0.154. The maximum Gasteiger partial charge on any atom is 0.333 e. The summed E-state index contributed by atoms with van der Waals surface area (Å²) in [5.41, 5.74) is 0. The average Bonchev–Trinajstić information content (AvgIpc) is 3.10. The van der Waals surface area contributed by atoms with Gasteiger partial charge in [-0.15, -0.1) is 0 Å². The van der Waals surface area contributed by atoms with Crippen LogP contribution in [0.1, 0.15) is 6.42 Å². The zero-order valence-corrected chi connectivity index (χ0v) is 18.0. The highest BCUT2D eigenvalue weighted by Crippen LogP contribution is 2.32. The van der Waals surface area contributed by atoms with Gasteiger partial charge in [-0.2, -0.15) is 0 Å². The van der Waals surface area contributed by atoms with Gasteiger partial charge in [-0.05, 0) is 0 Å². The van der Waals surface area contributed by atoms with Crippen LogP contribution in [-0.4, -0.2) is 147 Å². The minimum atomic E-state index is -2.02. The molecule has 3 fully saturated rings. The summed E-state index contributed by atoms with van der Waals surface area (Å²) in [6.45, 7) is -2.97. The molecule has 3 rings (SSSR count). The van der Waals surface area contributed by atoms with Crippen molar-refractivity contribution in [3.63, 3.8) is 0 Å². The first-order chi connectivity index (χ1) is 16.1. The first-order valence-corrected chi connectivity index (χ1v) is 10.4. The Morgan fingerprint density at radius 3 is 2.06 bits per heavy atom. The van der Waals surface area contributed by atoms with E-state index >= 15 is 0 Å². The van der Waals surface area contributed by atoms with Crippen molar-refractivity contribution >= 4 is 5.97 Å². The molecular weight excluding hydrogens is 472 g/mol. The smallest absolute Gasteiger partial charge is 0.333 e. The van der Waals surface area contributed by atoms with Gasteiger partial charge in [-0.25, -0.2) is 4.79 Å². The van der Waals surface area contributed by atoms with Crippen molar-refractivity contribution in [3.05, 3.63) is 0 Å². The van der Waals surface area contributed by atoms with Crippen molar-refractivity contribution < 1.29 is 78.8 Å². The Morgan fingerprint density at radius 2 is 1.50 bits per heavy atom. The lowest BCUT2D eigenvalue weighted by Crippen LogP contribution is -2.61. The second-order valence-corrected chi connectivity index (χ2v) is 7.93. The van der Waals surface area contributed by atoms with Gasteiger partial charge in [0.05, 0.1) is 19.3 Å². The number of carboxylic acid groups (broad SMARTS) is 1. The molecule has 0 aromatic heterocycles. The number of carboxylic acids is 1. The Kier molecular flexibility index (Phi) is 9.51. The third-order valence-corrected chi connectivity index (χ3v) is 5.74. The first-order valence-electron chi connectivity index (χ1n) is 10.4. The third-order valence-electron chi connectivity index (χ3n) is 5.74. The summed E-state index contributed by atoms with van der Waals surface area (Å²) in [4.78, 5) is 11.6. The van der Waals surface area contributed by atoms with E-state index in [1.807, 2.05) is 0 Å². The molecule has 0 aliphatic carbocycles. The summed E-state index contributed by atoms with van der Waals surface area (Å²) in [6, 6.07) is 0. The molecule has 8 N–H and O–H groups in total. The first kappa shape index (κ1) is 27.5. The maximum absolute atomic E-state index is 11.6. The number of aliphatic carboxylic acids is 1. The lowest BCUT2D eigenvalue weighted by atomic mass is 9.99. The van der Waals surface area contributed by atoms with Gasteiger partial charge >= 0.3 is 5.97 Å². The van der Waals surface area contributed by atoms with Crippen LogP contribution in [0.4, 0.5) is 0 Å². The molecule has 16 heteroatoms. The van der Waals surface area contributed by atoms with Crippen LogP contribution in [0, 0.1) is 0 Å². The Bertz CT molecular complexity index is 664. The molecule has 0 amide bonds. The zero-order valence-electron chi connectivity index (χ0n) is 18.0. The zero-order chi connectivity index (χ0) is 25.2. The number of aliphatic hydroxyl groups excluding tert-OH is 7. The molecule has 13 atom stereocenters. The van der Waals surface area contributed by atoms with Crippen LogP contribution >= 0.6 is 0 Å². The van der Waals surface area contributed by atoms with Crippen molar-refractivity contribution in [2.75, 3.05) is 20.3 Å². The summed E-state index contributed by atoms with van der Waals surface area (Å²) in [5, 5.41) is 78.7. The van der Waals surface area contributed by atoms with E-state index in [0.717, 1.165) is 0 Å². The van der Waals surface area contributed by atoms with Gasteiger partial charge in [0.2, 0.25) is 0 Å². The number of methoxy groups -OCH3 is 1. The highest BCUT2D eigenvalue weighted by molar-refractivity contribution is 5.72. The molecule has 16 nitrogen and oxygen atoms in total. The van der Waals surface area contributed by atoms with E-state index in [-0.39, 0.29) is 6.42 Å². The summed E-state index contributed by atoms with van der Waals surface area (Å²) in [5.74, 6) is -1.43. The SMILES string of the molecule is CO[C@@H]1CC(C(=O)O)O[C@@H](O)C(O[C@@H]2OC(CO)[C@H](O)C(O)C2O)C1O[C@H]1OC(O)[C@H](CO)O1. The van der Waals surface area contributed by atoms with Gasteiger partial charge in [-0.3, -0.25) is 4.74 Å². The number of carbonyl (C=O) groups is 1. The fourth-order valence-corrected chi connectivity index (χ4v) is 3.82. The van der Waals surface area contributed by atoms with Crippen LogP contribution < -0.4 is 0 Å². The second-order valence-electron chi connectivity index (χ2n) is 7.93. The molecular formula is C18H30O16. The largest absolute Gasteiger partial charge is 0.479 e. The van der Waals surface area contributed by atoms with Gasteiger partial charge in [0.25, 0.3) is 6.48 Å². The van der Waals surface area contributed by atoms with Gasteiger partial charge in [0.1, 0.15) is 42.7 Å². The Hall–Kier alpha value is -1.09. The summed E-state index contributed by atoms with van der Waals surface area (Å²) >= 11 is 0. The van der Waals surface area contributed by atoms with Crippen LogP contribution in [-0.2, 0) is 38.0 Å². The van der Waals surface area contributed by atoms with Crippen molar-refractivity contribution in [2.24, 2.45) is 0 Å². The molecule has 34 heavy (non-hydrogen) atoms. The van der Waals surface area contributed by atoms with Crippen LogP contribution in [0.25, 0.3) is 0 Å². The Morgan fingerprint density at radius 1 is 0.824 bits per heavy atom. The summed E-state index contributed by atoms with van der Waals surface area (Å²) in [6.07, 6.45) is -19.3. The van der Waals surface area contributed by atoms with Gasteiger partial charge in [-0.1, -0.05) is 0 Å². The lowest BCUT2D eigenvalue weighted by Gasteiger charge is -2.42. The van der Waals surface area contributed by atoms with Crippen molar-refractivity contribution in [3.8, 4) is 0 Å². The van der Waals surface area contributed by atoms with Gasteiger partial charge < -0.3 is 69.3 Å². The van der Waals surface area contributed by atoms with Crippen LogP contribution in [0.3, 0.4) is 0 Å². The van der Waals surface area contributed by atoms with E-state index in [1.54, 1.807) is 0 Å². The minimum Gasteiger partial charge on any atom is -0.479 e. The van der Waals surface area contributed by atoms with Crippen LogP contribution in [0.5, 0.6) is 0 Å². The molecule has 3 aliphatic heterocycles. The molecule has 7 unspecified atom stereocenters. The molecule has 0 aromatic rings. The molecule has 0 spiro atoms.